The summed E-state index contributed by atoms with van der Waals surface area (Å²) >= 11 is 0. The highest BCUT2D eigenvalue weighted by molar-refractivity contribution is 5.76. The minimum atomic E-state index is -0.495. The summed E-state index contributed by atoms with van der Waals surface area (Å²) in [6.45, 7) is 6.03. The minimum absolute atomic E-state index is 0.0521. The molecule has 2 aromatic carbocycles. The van der Waals surface area contributed by atoms with Crippen LogP contribution in [0, 0.1) is 0 Å². The van der Waals surface area contributed by atoms with Gasteiger partial charge in [-0.15, -0.1) is 0 Å². The van der Waals surface area contributed by atoms with E-state index in [1.54, 1.807) is 16.2 Å². The second kappa shape index (κ2) is 6.83. The number of hydrogen-bond acceptors (Lipinski definition) is 3. The van der Waals surface area contributed by atoms with Gasteiger partial charge in [0.1, 0.15) is 5.60 Å². The lowest BCUT2D eigenvalue weighted by Gasteiger charge is -2.19. The molecule has 0 spiro atoms. The number of esters is 1. The molecular formula is C21H24N2O3. The quantitative estimate of drug-likeness (QED) is 0.677. The van der Waals surface area contributed by atoms with Crippen molar-refractivity contribution >= 4 is 17.0 Å². The van der Waals surface area contributed by atoms with Crippen LogP contribution in [0.5, 0.6) is 0 Å². The molecule has 0 amide bonds. The van der Waals surface area contributed by atoms with Crippen LogP contribution < -0.4 is 5.69 Å². The summed E-state index contributed by atoms with van der Waals surface area (Å²) in [7, 11) is 1.78. The second-order valence-electron chi connectivity index (χ2n) is 7.50. The Kier molecular flexibility index (Phi) is 4.72. The van der Waals surface area contributed by atoms with Crippen molar-refractivity contribution in [3.8, 4) is 0 Å². The van der Waals surface area contributed by atoms with Crippen molar-refractivity contribution in [2.75, 3.05) is 0 Å². The van der Waals surface area contributed by atoms with Crippen molar-refractivity contribution in [3.05, 3.63) is 70.1 Å². The van der Waals surface area contributed by atoms with E-state index in [1.807, 2.05) is 69.3 Å². The largest absolute Gasteiger partial charge is 0.460 e. The third-order valence-electron chi connectivity index (χ3n) is 4.15. The molecular weight excluding hydrogens is 328 g/mol. The van der Waals surface area contributed by atoms with Crippen LogP contribution in [0.2, 0.25) is 0 Å². The molecule has 0 aliphatic carbocycles. The lowest BCUT2D eigenvalue weighted by atomic mass is 10.1. The van der Waals surface area contributed by atoms with Crippen LogP contribution in [0.3, 0.4) is 0 Å². The number of carbonyl (C=O) groups excluding carboxylic acids is 1. The van der Waals surface area contributed by atoms with Crippen molar-refractivity contribution in [1.82, 2.24) is 9.13 Å². The Hall–Kier alpha value is -2.82. The van der Waals surface area contributed by atoms with Gasteiger partial charge >= 0.3 is 11.7 Å². The van der Waals surface area contributed by atoms with Crippen molar-refractivity contribution in [2.45, 2.75) is 39.3 Å². The Labute approximate surface area is 152 Å². The van der Waals surface area contributed by atoms with Crippen molar-refractivity contribution in [1.29, 1.82) is 0 Å². The average Bonchev–Trinajstić information content (AvgIpc) is 2.79. The Bertz CT molecular complexity index is 1010. The highest BCUT2D eigenvalue weighted by Crippen LogP contribution is 2.15. The number of nitrogens with zero attached hydrogens (tertiary/aromatic N) is 2. The predicted molar refractivity (Wildman–Crippen MR) is 102 cm³/mol. The van der Waals surface area contributed by atoms with Crippen LogP contribution in [0.1, 0.15) is 31.9 Å². The zero-order valence-electron chi connectivity index (χ0n) is 15.7. The van der Waals surface area contributed by atoms with Gasteiger partial charge in [0.25, 0.3) is 0 Å². The number of carbonyl (C=O) groups is 1. The Morgan fingerprint density at radius 3 is 2.35 bits per heavy atom. The molecule has 0 atom stereocenters. The zero-order valence-corrected chi connectivity index (χ0v) is 15.7. The molecule has 1 heterocycles. The maximum Gasteiger partial charge on any atom is 0.329 e. The van der Waals surface area contributed by atoms with Crippen molar-refractivity contribution in [3.63, 3.8) is 0 Å². The molecule has 136 valence electrons. The Balaban J connectivity index is 1.85. The zero-order chi connectivity index (χ0) is 18.9. The topological polar surface area (TPSA) is 53.2 Å². The van der Waals surface area contributed by atoms with Crippen LogP contribution in [0.4, 0.5) is 0 Å². The monoisotopic (exact) mass is 352 g/mol. The van der Waals surface area contributed by atoms with Crippen LogP contribution in [-0.4, -0.2) is 20.7 Å². The predicted octanol–water partition coefficient (Wildman–Crippen LogP) is 3.27. The lowest BCUT2D eigenvalue weighted by molar-refractivity contribution is -0.153. The van der Waals surface area contributed by atoms with E-state index in [9.17, 15) is 9.59 Å². The highest BCUT2D eigenvalue weighted by Gasteiger charge is 2.17. The van der Waals surface area contributed by atoms with Crippen molar-refractivity contribution < 1.29 is 9.53 Å². The summed E-state index contributed by atoms with van der Waals surface area (Å²) in [5.74, 6) is -0.253. The van der Waals surface area contributed by atoms with Gasteiger partial charge in [-0.3, -0.25) is 13.9 Å². The first-order valence-corrected chi connectivity index (χ1v) is 8.68. The van der Waals surface area contributed by atoms with Gasteiger partial charge in [0.05, 0.1) is 24.0 Å². The third kappa shape index (κ3) is 3.87. The van der Waals surface area contributed by atoms with Crippen LogP contribution in [-0.2, 0) is 29.5 Å². The smallest absolute Gasteiger partial charge is 0.329 e. The summed E-state index contributed by atoms with van der Waals surface area (Å²) < 4.78 is 8.79. The number of aromatic nitrogens is 2. The lowest BCUT2D eigenvalue weighted by Crippen LogP contribution is -2.25. The van der Waals surface area contributed by atoms with Gasteiger partial charge in [-0.1, -0.05) is 36.4 Å². The number of ether oxygens (including phenoxy) is 1. The van der Waals surface area contributed by atoms with Crippen LogP contribution in [0.25, 0.3) is 11.0 Å². The fraction of sp³-hybridized carbons (Fsp3) is 0.333. The van der Waals surface area contributed by atoms with Gasteiger partial charge in [0, 0.05) is 7.05 Å². The van der Waals surface area contributed by atoms with Gasteiger partial charge in [0.15, 0.2) is 0 Å². The second-order valence-corrected chi connectivity index (χ2v) is 7.50. The summed E-state index contributed by atoms with van der Waals surface area (Å²) in [6, 6.07) is 15.5. The molecule has 5 nitrogen and oxygen atoms in total. The Morgan fingerprint density at radius 2 is 1.65 bits per heavy atom. The van der Waals surface area contributed by atoms with E-state index in [-0.39, 0.29) is 18.1 Å². The van der Waals surface area contributed by atoms with Gasteiger partial charge in [-0.2, -0.15) is 0 Å². The van der Waals surface area contributed by atoms with E-state index in [0.717, 1.165) is 22.2 Å². The number of hydrogen-bond donors (Lipinski definition) is 0. The minimum Gasteiger partial charge on any atom is -0.460 e. The summed E-state index contributed by atoms with van der Waals surface area (Å²) in [6.07, 6.45) is 0.218. The molecule has 0 saturated carbocycles. The fourth-order valence-electron chi connectivity index (χ4n) is 3.08. The highest BCUT2D eigenvalue weighted by atomic mass is 16.6. The maximum atomic E-state index is 12.6. The Morgan fingerprint density at radius 1 is 1.00 bits per heavy atom. The normalized spacial score (nSPS) is 11.7. The van der Waals surface area contributed by atoms with Gasteiger partial charge in [-0.05, 0) is 44.0 Å². The maximum absolute atomic E-state index is 12.6. The van der Waals surface area contributed by atoms with Crippen LogP contribution >= 0.6 is 0 Å². The number of aryl methyl sites for hydroxylation is 1. The molecule has 0 aliphatic rings. The summed E-state index contributed by atoms with van der Waals surface area (Å²) in [5.41, 5.74) is 3.11. The first kappa shape index (κ1) is 18.0. The molecule has 26 heavy (non-hydrogen) atoms. The molecule has 0 fully saturated rings. The van der Waals surface area contributed by atoms with E-state index in [2.05, 4.69) is 0 Å². The third-order valence-corrected chi connectivity index (χ3v) is 4.15. The van der Waals surface area contributed by atoms with Gasteiger partial charge < -0.3 is 4.74 Å². The molecule has 0 N–H and O–H groups in total. The van der Waals surface area contributed by atoms with Gasteiger partial charge in [-0.25, -0.2) is 4.79 Å². The summed E-state index contributed by atoms with van der Waals surface area (Å²) in [4.78, 5) is 24.6. The number of fused-ring (bicyclic) bond motifs is 1. The van der Waals surface area contributed by atoms with Crippen molar-refractivity contribution in [2.24, 2.45) is 7.05 Å². The van der Waals surface area contributed by atoms with E-state index in [0.29, 0.717) is 6.54 Å². The standard InChI is InChI=1S/C21H24N2O3/c1-21(2,3)26-19(24)13-15-8-7-9-16(12-15)14-23-18-11-6-5-10-17(18)22(4)20(23)25/h5-12H,13-14H2,1-4H3. The van der Waals surface area contributed by atoms with E-state index in [4.69, 9.17) is 4.74 Å². The molecule has 0 radical (unpaired) electrons. The van der Waals surface area contributed by atoms with E-state index < -0.39 is 5.60 Å². The number of para-hydroxylation sites is 2. The average molecular weight is 352 g/mol. The van der Waals surface area contributed by atoms with Gasteiger partial charge in [0.2, 0.25) is 0 Å². The first-order valence-electron chi connectivity index (χ1n) is 8.68. The molecule has 5 heteroatoms. The number of benzene rings is 2. The molecule has 1 aromatic heterocycles. The summed E-state index contributed by atoms with van der Waals surface area (Å²) in [5, 5.41) is 0. The molecule has 0 aliphatic heterocycles. The van der Waals surface area contributed by atoms with Crippen LogP contribution in [0.15, 0.2) is 53.3 Å². The molecule has 3 aromatic rings. The molecule has 0 unspecified atom stereocenters. The first-order chi connectivity index (χ1) is 12.2. The number of rotatable bonds is 4. The molecule has 0 saturated heterocycles. The SMILES string of the molecule is Cn1c(=O)n(Cc2cccc(CC(=O)OC(C)(C)C)c2)c2ccccc21. The molecule has 0 bridgehead atoms. The number of imidazole rings is 1. The van der Waals surface area contributed by atoms with E-state index >= 15 is 0 Å². The fourth-order valence-corrected chi connectivity index (χ4v) is 3.08. The van der Waals surface area contributed by atoms with E-state index in [1.165, 1.54) is 0 Å². The molecule has 3 rings (SSSR count).